The van der Waals surface area contributed by atoms with Crippen molar-refractivity contribution in [2.24, 2.45) is 41.4 Å². The molecule has 0 atom stereocenters. The van der Waals surface area contributed by atoms with Gasteiger partial charge in [-0.15, -0.1) is 0 Å². The van der Waals surface area contributed by atoms with E-state index in [0.29, 0.717) is 132 Å². The first-order valence-electron chi connectivity index (χ1n) is 30.6. The number of aliphatic hydroxyl groups is 1. The molecule has 15 heteroatoms. The average Bonchev–Trinajstić information content (AvgIpc) is 3.42. The first-order chi connectivity index (χ1) is 36.9. The van der Waals surface area contributed by atoms with E-state index in [1.54, 1.807) is 0 Å². The lowest BCUT2D eigenvalue weighted by atomic mass is 10.1. The number of aliphatic hydroxyl groups excluding tert-OH is 1. The van der Waals surface area contributed by atoms with E-state index in [9.17, 15) is 5.11 Å². The molecule has 0 aliphatic rings. The molecule has 0 fully saturated rings. The molecular formula is C60H122O15. The van der Waals surface area contributed by atoms with E-state index in [4.69, 9.17) is 66.3 Å². The van der Waals surface area contributed by atoms with Crippen LogP contribution in [0.5, 0.6) is 0 Å². The van der Waals surface area contributed by atoms with Gasteiger partial charge in [0.05, 0.1) is 139 Å². The molecule has 0 unspecified atom stereocenters. The summed E-state index contributed by atoms with van der Waals surface area (Å²) in [6.07, 6.45) is 17.1. The summed E-state index contributed by atoms with van der Waals surface area (Å²) >= 11 is 0. The maximum Gasteiger partial charge on any atom is 0.0538 e. The lowest BCUT2D eigenvalue weighted by Gasteiger charge is -2.24. The summed E-state index contributed by atoms with van der Waals surface area (Å²) in [5.74, 6) is 0.232. The van der Waals surface area contributed by atoms with Crippen molar-refractivity contribution in [3.8, 4) is 0 Å². The van der Waals surface area contributed by atoms with Gasteiger partial charge in [0.1, 0.15) is 0 Å². The summed E-state index contributed by atoms with van der Waals surface area (Å²) in [7, 11) is 0. The van der Waals surface area contributed by atoms with Crippen molar-refractivity contribution >= 4 is 0 Å². The number of hydrogen-bond donors (Lipinski definition) is 1. The van der Waals surface area contributed by atoms with Gasteiger partial charge in [-0.05, 0) is 51.4 Å². The lowest BCUT2D eigenvalue weighted by molar-refractivity contribution is -0.0662. The minimum atomic E-state index is -0.223. The Balaban J connectivity index is 5.87. The van der Waals surface area contributed by atoms with Gasteiger partial charge in [-0.2, -0.15) is 0 Å². The number of unbranched alkanes of at least 4 members (excludes halogenated alkanes) is 8. The summed E-state index contributed by atoms with van der Waals surface area (Å²) in [4.78, 5) is 0. The van der Waals surface area contributed by atoms with Crippen molar-refractivity contribution in [1.29, 1.82) is 0 Å². The summed E-state index contributed by atoms with van der Waals surface area (Å²) in [6, 6.07) is 0. The molecule has 0 saturated heterocycles. The average molecular weight is 1080 g/mol. The molecule has 1 N–H and O–H groups in total. The number of ether oxygens (including phenoxy) is 14. The Hall–Kier alpha value is -0.600. The summed E-state index contributed by atoms with van der Waals surface area (Å²) in [5.41, 5.74) is 0. The third-order valence-electron chi connectivity index (χ3n) is 12.5. The fourth-order valence-electron chi connectivity index (χ4n) is 7.40. The van der Waals surface area contributed by atoms with E-state index >= 15 is 0 Å². The van der Waals surface area contributed by atoms with E-state index in [-0.39, 0.29) is 48.0 Å². The summed E-state index contributed by atoms with van der Waals surface area (Å²) < 4.78 is 86.5. The van der Waals surface area contributed by atoms with Gasteiger partial charge in [0, 0.05) is 94.3 Å². The van der Waals surface area contributed by atoms with Crippen LogP contribution >= 0.6 is 0 Å². The molecule has 0 radical (unpaired) electrons. The van der Waals surface area contributed by atoms with Gasteiger partial charge in [-0.25, -0.2) is 0 Å². The Morgan fingerprint density at radius 1 is 0.187 bits per heavy atom. The zero-order valence-electron chi connectivity index (χ0n) is 50.0. The van der Waals surface area contributed by atoms with E-state index < -0.39 is 0 Å². The van der Waals surface area contributed by atoms with Gasteiger partial charge >= 0.3 is 0 Å². The topological polar surface area (TPSA) is 149 Å². The van der Waals surface area contributed by atoms with Crippen LogP contribution < -0.4 is 0 Å². The third kappa shape index (κ3) is 51.3. The van der Waals surface area contributed by atoms with E-state index in [2.05, 4.69) is 55.4 Å². The van der Waals surface area contributed by atoms with Crippen LogP contribution in [0.4, 0.5) is 0 Å². The van der Waals surface area contributed by atoms with Crippen LogP contribution in [0.3, 0.4) is 0 Å². The van der Waals surface area contributed by atoms with Gasteiger partial charge in [0.25, 0.3) is 0 Å². The van der Waals surface area contributed by atoms with E-state index in [1.807, 2.05) is 0 Å². The minimum absolute atomic E-state index is 0.0369. The SMILES string of the molecule is CCCCOCC(COCCCC)COCC(COCC(CO)COCC(COCC(COCCCC)COCCCC)COCC(COCCCC)COCCCC)COCC(COCCCC)COCCCC. The normalized spacial score (nSPS) is 12.3. The molecule has 0 aromatic rings. The van der Waals surface area contributed by atoms with Crippen LogP contribution in [-0.2, 0) is 66.3 Å². The fourth-order valence-corrected chi connectivity index (χ4v) is 7.40. The van der Waals surface area contributed by atoms with Crippen LogP contribution in [0.25, 0.3) is 0 Å². The monoisotopic (exact) mass is 1080 g/mol. The number of hydrogen-bond acceptors (Lipinski definition) is 15. The molecule has 0 saturated carbocycles. The standard InChI is InChI=1S/C60H122O15/c1-9-17-25-62-36-55(37-63-26-18-10-2)44-72-50-59(51-73-45-56(38-64-27-19-11-3)39-65-28-20-12-4)48-70-34-54(33-61)35-71-49-60(52-74-46-57(40-66-29-21-13-5)41-67-30-22-14-6)53-75-47-58(42-68-31-23-15-7)43-69-32-24-16-8/h54-61H,9-53H2,1-8H3. The van der Waals surface area contributed by atoms with Crippen LogP contribution in [0.1, 0.15) is 158 Å². The lowest BCUT2D eigenvalue weighted by Crippen LogP contribution is -2.31. The van der Waals surface area contributed by atoms with E-state index in [0.717, 1.165) is 156 Å². The second-order valence-corrected chi connectivity index (χ2v) is 20.9. The fraction of sp³-hybridized carbons (Fsp3) is 1.00. The Kier molecular flexibility index (Phi) is 60.5. The molecule has 0 rings (SSSR count). The summed E-state index contributed by atoms with van der Waals surface area (Å²) in [5, 5.41) is 10.5. The summed E-state index contributed by atoms with van der Waals surface area (Å²) in [6.45, 7) is 33.5. The molecular weight excluding hydrogens is 961 g/mol. The molecule has 0 bridgehead atoms. The molecule has 0 aliphatic heterocycles. The molecule has 0 aromatic heterocycles. The first kappa shape index (κ1) is 74.4. The molecule has 0 aromatic carbocycles. The second-order valence-electron chi connectivity index (χ2n) is 20.9. The third-order valence-corrected chi connectivity index (χ3v) is 12.5. The predicted molar refractivity (Wildman–Crippen MR) is 302 cm³/mol. The zero-order valence-corrected chi connectivity index (χ0v) is 50.0. The smallest absolute Gasteiger partial charge is 0.0538 e. The molecule has 75 heavy (non-hydrogen) atoms. The Labute approximate surface area is 461 Å². The van der Waals surface area contributed by atoms with Gasteiger partial charge in [0.15, 0.2) is 0 Å². The van der Waals surface area contributed by atoms with Crippen molar-refractivity contribution in [3.05, 3.63) is 0 Å². The molecule has 15 nitrogen and oxygen atoms in total. The van der Waals surface area contributed by atoms with Crippen LogP contribution in [-0.4, -0.2) is 197 Å². The largest absolute Gasteiger partial charge is 0.396 e. The highest BCUT2D eigenvalue weighted by Gasteiger charge is 2.21. The van der Waals surface area contributed by atoms with Crippen molar-refractivity contribution in [3.63, 3.8) is 0 Å². The first-order valence-corrected chi connectivity index (χ1v) is 30.6. The molecule has 0 spiro atoms. The second kappa shape index (κ2) is 61.0. The maximum atomic E-state index is 10.5. The number of rotatable bonds is 65. The minimum Gasteiger partial charge on any atom is -0.396 e. The van der Waals surface area contributed by atoms with Crippen LogP contribution in [0.2, 0.25) is 0 Å². The van der Waals surface area contributed by atoms with Crippen molar-refractivity contribution < 1.29 is 71.4 Å². The van der Waals surface area contributed by atoms with Crippen molar-refractivity contribution in [1.82, 2.24) is 0 Å². The van der Waals surface area contributed by atoms with Gasteiger partial charge in [-0.1, -0.05) is 107 Å². The highest BCUT2D eigenvalue weighted by atomic mass is 16.5. The molecule has 0 heterocycles. The van der Waals surface area contributed by atoms with Crippen molar-refractivity contribution in [2.45, 2.75) is 158 Å². The quantitative estimate of drug-likeness (QED) is 0.0575. The highest BCUT2D eigenvalue weighted by molar-refractivity contribution is 4.66. The van der Waals surface area contributed by atoms with Crippen LogP contribution in [0.15, 0.2) is 0 Å². The Morgan fingerprint density at radius 2 is 0.307 bits per heavy atom. The maximum absolute atomic E-state index is 10.5. The van der Waals surface area contributed by atoms with Gasteiger partial charge in [-0.3, -0.25) is 0 Å². The van der Waals surface area contributed by atoms with Crippen molar-refractivity contribution in [2.75, 3.05) is 192 Å². The van der Waals surface area contributed by atoms with E-state index in [1.165, 1.54) is 0 Å². The highest BCUT2D eigenvalue weighted by Crippen LogP contribution is 2.13. The van der Waals surface area contributed by atoms with Crippen LogP contribution in [0, 0.1) is 41.4 Å². The molecule has 0 aliphatic carbocycles. The Morgan fingerprint density at radius 3 is 0.427 bits per heavy atom. The predicted octanol–water partition coefficient (Wildman–Crippen LogP) is 10.9. The zero-order chi connectivity index (χ0) is 54.8. The van der Waals surface area contributed by atoms with Gasteiger partial charge in [0.2, 0.25) is 0 Å². The molecule has 0 amide bonds. The van der Waals surface area contributed by atoms with Gasteiger partial charge < -0.3 is 71.4 Å². The molecule has 452 valence electrons. The Bertz CT molecular complexity index is 872.